The SMILES string of the molecule is Cc1ccc(NC(=O)c2ccc(F)c(Cl)c2)c(O)c1. The van der Waals surface area contributed by atoms with Crippen molar-refractivity contribution < 1.29 is 14.3 Å². The van der Waals surface area contributed by atoms with E-state index in [-0.39, 0.29) is 22.0 Å². The molecule has 0 aliphatic rings. The van der Waals surface area contributed by atoms with E-state index < -0.39 is 11.7 Å². The minimum Gasteiger partial charge on any atom is -0.506 e. The summed E-state index contributed by atoms with van der Waals surface area (Å²) in [6.45, 7) is 1.82. The number of carbonyl (C=O) groups is 1. The Balaban J connectivity index is 2.23. The van der Waals surface area contributed by atoms with Crippen LogP contribution < -0.4 is 5.32 Å². The van der Waals surface area contributed by atoms with Crippen LogP contribution in [0.2, 0.25) is 5.02 Å². The van der Waals surface area contributed by atoms with Gasteiger partial charge in [0.2, 0.25) is 0 Å². The van der Waals surface area contributed by atoms with Crippen LogP contribution in [0.1, 0.15) is 15.9 Å². The van der Waals surface area contributed by atoms with Crippen LogP contribution in [0, 0.1) is 12.7 Å². The molecule has 0 bridgehead atoms. The predicted octanol–water partition coefficient (Wildman–Crippen LogP) is 3.75. The molecular weight excluding hydrogens is 269 g/mol. The maximum Gasteiger partial charge on any atom is 0.255 e. The zero-order valence-corrected chi connectivity index (χ0v) is 10.8. The molecule has 0 heterocycles. The fraction of sp³-hybridized carbons (Fsp3) is 0.0714. The molecule has 0 fully saturated rings. The third-order valence-corrected chi connectivity index (χ3v) is 2.87. The number of aromatic hydroxyl groups is 1. The molecule has 0 radical (unpaired) electrons. The summed E-state index contributed by atoms with van der Waals surface area (Å²) >= 11 is 5.61. The van der Waals surface area contributed by atoms with Crippen molar-refractivity contribution in [2.75, 3.05) is 5.32 Å². The highest BCUT2D eigenvalue weighted by atomic mass is 35.5. The van der Waals surface area contributed by atoms with Gasteiger partial charge in [-0.25, -0.2) is 4.39 Å². The molecular formula is C14H11ClFNO2. The molecule has 0 saturated heterocycles. The lowest BCUT2D eigenvalue weighted by Gasteiger charge is -2.08. The average molecular weight is 280 g/mol. The predicted molar refractivity (Wildman–Crippen MR) is 72.2 cm³/mol. The van der Waals surface area contributed by atoms with E-state index in [0.717, 1.165) is 11.6 Å². The van der Waals surface area contributed by atoms with E-state index in [0.29, 0.717) is 0 Å². The molecule has 2 N–H and O–H groups in total. The van der Waals surface area contributed by atoms with Gasteiger partial charge in [0, 0.05) is 5.56 Å². The van der Waals surface area contributed by atoms with E-state index in [9.17, 15) is 14.3 Å². The van der Waals surface area contributed by atoms with Gasteiger partial charge in [-0.15, -0.1) is 0 Å². The molecule has 1 amide bonds. The van der Waals surface area contributed by atoms with Crippen molar-refractivity contribution in [3.05, 3.63) is 58.4 Å². The van der Waals surface area contributed by atoms with Gasteiger partial charge in [0.15, 0.2) is 0 Å². The largest absolute Gasteiger partial charge is 0.506 e. The molecule has 0 spiro atoms. The first kappa shape index (κ1) is 13.4. The number of halogens is 2. The molecule has 19 heavy (non-hydrogen) atoms. The number of hydrogen-bond donors (Lipinski definition) is 2. The molecule has 3 nitrogen and oxygen atoms in total. The van der Waals surface area contributed by atoms with Crippen molar-refractivity contribution >= 4 is 23.2 Å². The van der Waals surface area contributed by atoms with E-state index in [1.165, 1.54) is 18.2 Å². The van der Waals surface area contributed by atoms with Crippen LogP contribution in [-0.2, 0) is 0 Å². The van der Waals surface area contributed by atoms with Crippen LogP contribution >= 0.6 is 11.6 Å². The molecule has 2 aromatic rings. The number of phenolic OH excluding ortho intramolecular Hbond substituents is 1. The molecule has 2 rings (SSSR count). The van der Waals surface area contributed by atoms with E-state index in [2.05, 4.69) is 5.32 Å². The minimum atomic E-state index is -0.587. The van der Waals surface area contributed by atoms with Gasteiger partial charge < -0.3 is 10.4 Å². The van der Waals surface area contributed by atoms with Gasteiger partial charge in [-0.05, 0) is 42.8 Å². The molecule has 0 aromatic heterocycles. The smallest absolute Gasteiger partial charge is 0.255 e. The molecule has 0 aliphatic heterocycles. The number of nitrogens with one attached hydrogen (secondary N) is 1. The lowest BCUT2D eigenvalue weighted by atomic mass is 10.1. The molecule has 0 unspecified atom stereocenters. The Morgan fingerprint density at radius 3 is 2.63 bits per heavy atom. The van der Waals surface area contributed by atoms with Crippen molar-refractivity contribution in [2.45, 2.75) is 6.92 Å². The normalized spacial score (nSPS) is 10.3. The first-order valence-corrected chi connectivity index (χ1v) is 5.91. The Hall–Kier alpha value is -2.07. The van der Waals surface area contributed by atoms with Crippen LogP contribution in [0.3, 0.4) is 0 Å². The van der Waals surface area contributed by atoms with Gasteiger partial charge in [0.25, 0.3) is 5.91 Å². The van der Waals surface area contributed by atoms with E-state index in [4.69, 9.17) is 11.6 Å². The minimum absolute atomic E-state index is 0.0263. The van der Waals surface area contributed by atoms with Gasteiger partial charge in [-0.2, -0.15) is 0 Å². The highest BCUT2D eigenvalue weighted by Gasteiger charge is 2.11. The third-order valence-electron chi connectivity index (χ3n) is 2.58. The van der Waals surface area contributed by atoms with E-state index >= 15 is 0 Å². The summed E-state index contributed by atoms with van der Waals surface area (Å²) in [6, 6.07) is 8.55. The number of anilines is 1. The summed E-state index contributed by atoms with van der Waals surface area (Å²) in [5.74, 6) is -1.08. The van der Waals surface area contributed by atoms with Crippen LogP contribution in [0.15, 0.2) is 36.4 Å². The Morgan fingerprint density at radius 2 is 2.00 bits per heavy atom. The zero-order chi connectivity index (χ0) is 14.0. The second kappa shape index (κ2) is 5.28. The highest BCUT2D eigenvalue weighted by Crippen LogP contribution is 2.25. The first-order valence-electron chi connectivity index (χ1n) is 5.53. The Labute approximate surface area is 114 Å². The van der Waals surface area contributed by atoms with Gasteiger partial charge in [-0.3, -0.25) is 4.79 Å². The van der Waals surface area contributed by atoms with Gasteiger partial charge in [0.05, 0.1) is 10.7 Å². The van der Waals surface area contributed by atoms with E-state index in [1.54, 1.807) is 12.1 Å². The molecule has 0 aliphatic carbocycles. The lowest BCUT2D eigenvalue weighted by molar-refractivity contribution is 0.102. The van der Waals surface area contributed by atoms with Crippen LogP contribution in [0.25, 0.3) is 0 Å². The molecule has 5 heteroatoms. The number of carbonyl (C=O) groups excluding carboxylic acids is 1. The summed E-state index contributed by atoms with van der Waals surface area (Å²) in [5, 5.41) is 12.1. The third kappa shape index (κ3) is 3.03. The van der Waals surface area contributed by atoms with Crippen LogP contribution in [-0.4, -0.2) is 11.0 Å². The van der Waals surface area contributed by atoms with E-state index in [1.807, 2.05) is 6.92 Å². The van der Waals surface area contributed by atoms with Crippen molar-refractivity contribution in [3.8, 4) is 5.75 Å². The summed E-state index contributed by atoms with van der Waals surface area (Å²) < 4.78 is 13.0. The fourth-order valence-electron chi connectivity index (χ4n) is 1.58. The zero-order valence-electron chi connectivity index (χ0n) is 10.1. The van der Waals surface area contributed by atoms with Crippen LogP contribution in [0.4, 0.5) is 10.1 Å². The monoisotopic (exact) mass is 279 g/mol. The Bertz CT molecular complexity index is 643. The molecule has 2 aromatic carbocycles. The molecule has 98 valence electrons. The second-order valence-corrected chi connectivity index (χ2v) is 4.51. The number of hydrogen-bond acceptors (Lipinski definition) is 2. The quantitative estimate of drug-likeness (QED) is 0.823. The molecule has 0 saturated carbocycles. The summed E-state index contributed by atoms with van der Waals surface area (Å²) in [4.78, 5) is 11.9. The van der Waals surface area contributed by atoms with Crippen LogP contribution in [0.5, 0.6) is 5.75 Å². The lowest BCUT2D eigenvalue weighted by Crippen LogP contribution is -2.12. The fourth-order valence-corrected chi connectivity index (χ4v) is 1.76. The Morgan fingerprint density at radius 1 is 1.26 bits per heavy atom. The topological polar surface area (TPSA) is 49.3 Å². The van der Waals surface area contributed by atoms with Gasteiger partial charge in [-0.1, -0.05) is 17.7 Å². The standard InChI is InChI=1S/C14H11ClFNO2/c1-8-2-5-12(13(18)6-8)17-14(19)9-3-4-11(16)10(15)7-9/h2-7,18H,1H3,(H,17,19). The Kier molecular flexibility index (Phi) is 3.71. The number of rotatable bonds is 2. The van der Waals surface area contributed by atoms with Crippen molar-refractivity contribution in [1.82, 2.24) is 0 Å². The summed E-state index contributed by atoms with van der Waals surface area (Å²) in [5.41, 5.74) is 1.38. The number of benzene rings is 2. The highest BCUT2D eigenvalue weighted by molar-refractivity contribution is 6.31. The summed E-state index contributed by atoms with van der Waals surface area (Å²) in [6.07, 6.45) is 0. The molecule has 0 atom stereocenters. The number of phenols is 1. The van der Waals surface area contributed by atoms with Gasteiger partial charge >= 0.3 is 0 Å². The number of aryl methyl sites for hydroxylation is 1. The average Bonchev–Trinajstić information content (AvgIpc) is 2.36. The van der Waals surface area contributed by atoms with Crippen molar-refractivity contribution in [1.29, 1.82) is 0 Å². The maximum absolute atomic E-state index is 13.0. The van der Waals surface area contributed by atoms with Crippen molar-refractivity contribution in [2.24, 2.45) is 0 Å². The number of amides is 1. The van der Waals surface area contributed by atoms with Gasteiger partial charge in [0.1, 0.15) is 11.6 Å². The first-order chi connectivity index (χ1) is 8.97. The maximum atomic E-state index is 13.0. The van der Waals surface area contributed by atoms with Crippen molar-refractivity contribution in [3.63, 3.8) is 0 Å². The second-order valence-electron chi connectivity index (χ2n) is 4.10. The summed E-state index contributed by atoms with van der Waals surface area (Å²) in [7, 11) is 0.